The first-order chi connectivity index (χ1) is 11.1. The van der Waals surface area contributed by atoms with Crippen LogP contribution in [0.4, 0.5) is 8.78 Å². The lowest BCUT2D eigenvalue weighted by Crippen LogP contribution is -2.52. The van der Waals surface area contributed by atoms with Gasteiger partial charge in [-0.05, 0) is 62.6 Å². The van der Waals surface area contributed by atoms with Crippen LogP contribution in [-0.2, 0) is 4.74 Å². The van der Waals surface area contributed by atoms with Crippen LogP contribution in [0.1, 0.15) is 50.0 Å². The average molecular weight is 324 g/mol. The van der Waals surface area contributed by atoms with Gasteiger partial charge in [-0.25, -0.2) is 8.78 Å². The number of nitrogens with one attached hydrogen (secondary N) is 1. The van der Waals surface area contributed by atoms with Crippen LogP contribution in [0.3, 0.4) is 0 Å². The van der Waals surface area contributed by atoms with Crippen molar-refractivity contribution in [1.29, 1.82) is 0 Å². The van der Waals surface area contributed by atoms with Gasteiger partial charge in [0.05, 0.1) is 12.7 Å². The average Bonchev–Trinajstić information content (AvgIpc) is 2.57. The van der Waals surface area contributed by atoms with E-state index in [-0.39, 0.29) is 24.1 Å². The van der Waals surface area contributed by atoms with Gasteiger partial charge in [0.1, 0.15) is 0 Å². The lowest BCUT2D eigenvalue weighted by Gasteiger charge is -2.33. The Kier molecular flexibility index (Phi) is 5.62. The second kappa shape index (κ2) is 7.69. The summed E-state index contributed by atoms with van der Waals surface area (Å²) in [6.45, 7) is 1.65. The Balaban J connectivity index is 1.47. The molecular formula is C18H26F2N2O. The zero-order valence-corrected chi connectivity index (χ0v) is 13.4. The third kappa shape index (κ3) is 4.08. The molecule has 1 aromatic rings. The Labute approximate surface area is 136 Å². The van der Waals surface area contributed by atoms with Crippen molar-refractivity contribution in [2.24, 2.45) is 5.73 Å². The van der Waals surface area contributed by atoms with Gasteiger partial charge in [0.15, 0.2) is 11.6 Å². The molecule has 1 aliphatic carbocycles. The van der Waals surface area contributed by atoms with Crippen molar-refractivity contribution in [3.8, 4) is 0 Å². The van der Waals surface area contributed by atoms with Crippen LogP contribution in [0.5, 0.6) is 0 Å². The summed E-state index contributed by atoms with van der Waals surface area (Å²) in [6.07, 6.45) is 5.85. The van der Waals surface area contributed by atoms with E-state index >= 15 is 0 Å². The maximum Gasteiger partial charge on any atom is 0.162 e. The maximum absolute atomic E-state index is 13.9. The predicted molar refractivity (Wildman–Crippen MR) is 86.3 cm³/mol. The molecule has 128 valence electrons. The Morgan fingerprint density at radius 3 is 2.65 bits per heavy atom. The van der Waals surface area contributed by atoms with Crippen molar-refractivity contribution in [1.82, 2.24) is 5.32 Å². The molecule has 2 atom stereocenters. The van der Waals surface area contributed by atoms with Crippen LogP contribution in [-0.4, -0.2) is 31.3 Å². The summed E-state index contributed by atoms with van der Waals surface area (Å²) < 4.78 is 33.3. The van der Waals surface area contributed by atoms with Crippen LogP contribution >= 0.6 is 0 Å². The lowest BCUT2D eigenvalue weighted by molar-refractivity contribution is 0.00600. The van der Waals surface area contributed by atoms with Gasteiger partial charge in [0, 0.05) is 12.1 Å². The topological polar surface area (TPSA) is 47.3 Å². The van der Waals surface area contributed by atoms with E-state index < -0.39 is 11.6 Å². The molecule has 0 spiro atoms. The van der Waals surface area contributed by atoms with E-state index in [1.54, 1.807) is 12.1 Å². The first-order valence-corrected chi connectivity index (χ1v) is 8.69. The number of hydrogen-bond donors (Lipinski definition) is 2. The minimum Gasteiger partial charge on any atom is -0.377 e. The van der Waals surface area contributed by atoms with Gasteiger partial charge in [-0.3, -0.25) is 0 Å². The number of rotatable bonds is 4. The minimum absolute atomic E-state index is 0.0978. The fourth-order valence-electron chi connectivity index (χ4n) is 3.78. The molecule has 0 bridgehead atoms. The zero-order valence-electron chi connectivity index (χ0n) is 13.4. The molecule has 3 N–H and O–H groups in total. The highest BCUT2D eigenvalue weighted by Crippen LogP contribution is 2.35. The Bertz CT molecular complexity index is 518. The first kappa shape index (κ1) is 16.8. The van der Waals surface area contributed by atoms with E-state index in [0.29, 0.717) is 12.2 Å². The van der Waals surface area contributed by atoms with Crippen LogP contribution in [0, 0.1) is 11.6 Å². The number of hydrogen-bond acceptors (Lipinski definition) is 3. The molecule has 1 saturated heterocycles. The highest BCUT2D eigenvalue weighted by molar-refractivity contribution is 5.23. The van der Waals surface area contributed by atoms with Gasteiger partial charge in [-0.1, -0.05) is 12.1 Å². The largest absolute Gasteiger partial charge is 0.377 e. The molecule has 0 amide bonds. The summed E-state index contributed by atoms with van der Waals surface area (Å²) in [5, 5.41) is 3.42. The molecule has 2 fully saturated rings. The van der Waals surface area contributed by atoms with E-state index in [0.717, 1.165) is 45.1 Å². The molecule has 5 heteroatoms. The van der Waals surface area contributed by atoms with Crippen LogP contribution < -0.4 is 11.1 Å². The minimum atomic E-state index is -0.752. The van der Waals surface area contributed by atoms with Gasteiger partial charge in [0.2, 0.25) is 0 Å². The predicted octanol–water partition coefficient (Wildman–Crippen LogP) is 3.09. The Morgan fingerprint density at radius 1 is 1.13 bits per heavy atom. The number of halogens is 2. The van der Waals surface area contributed by atoms with Crippen molar-refractivity contribution in [2.45, 2.75) is 62.6 Å². The van der Waals surface area contributed by atoms with Gasteiger partial charge in [-0.2, -0.15) is 0 Å². The molecule has 0 radical (unpaired) electrons. The zero-order chi connectivity index (χ0) is 16.2. The number of piperidine rings is 1. The molecule has 1 aliphatic heterocycles. The van der Waals surface area contributed by atoms with Crippen molar-refractivity contribution in [3.63, 3.8) is 0 Å². The monoisotopic (exact) mass is 324 g/mol. The Morgan fingerprint density at radius 2 is 1.91 bits per heavy atom. The standard InChI is InChI=1S/C18H26F2N2O/c19-15-4-1-3-14(18(15)20)12-6-8-13(9-7-12)23-11-17-16(21)5-2-10-22-17/h1,3-4,12-13,16-17,22H,2,5-11,21H2/t12-,13+,16?,17-/m0/s1. The molecular weight excluding hydrogens is 298 g/mol. The maximum atomic E-state index is 13.9. The molecule has 0 aromatic heterocycles. The second-order valence-electron chi connectivity index (χ2n) is 6.82. The Hall–Kier alpha value is -1.04. The van der Waals surface area contributed by atoms with E-state index in [1.807, 2.05) is 0 Å². The van der Waals surface area contributed by atoms with Crippen LogP contribution in [0.25, 0.3) is 0 Å². The fourth-order valence-corrected chi connectivity index (χ4v) is 3.78. The van der Waals surface area contributed by atoms with Gasteiger partial charge in [-0.15, -0.1) is 0 Å². The van der Waals surface area contributed by atoms with E-state index in [9.17, 15) is 8.78 Å². The SMILES string of the molecule is NC1CCCN[C@H]1CO[C@H]1CC[C@@H](c2cccc(F)c2F)CC1. The molecule has 23 heavy (non-hydrogen) atoms. The summed E-state index contributed by atoms with van der Waals surface area (Å²) in [5.41, 5.74) is 6.62. The van der Waals surface area contributed by atoms with Gasteiger partial charge < -0.3 is 15.8 Å². The second-order valence-corrected chi connectivity index (χ2v) is 6.82. The summed E-state index contributed by atoms with van der Waals surface area (Å²) in [7, 11) is 0. The van der Waals surface area contributed by atoms with Gasteiger partial charge >= 0.3 is 0 Å². The summed E-state index contributed by atoms with van der Waals surface area (Å²) >= 11 is 0. The summed E-state index contributed by atoms with van der Waals surface area (Å²) in [5.74, 6) is -1.34. The number of ether oxygens (including phenoxy) is 1. The molecule has 1 unspecified atom stereocenters. The van der Waals surface area contributed by atoms with Crippen molar-refractivity contribution >= 4 is 0 Å². The first-order valence-electron chi connectivity index (χ1n) is 8.69. The van der Waals surface area contributed by atoms with Crippen LogP contribution in [0.2, 0.25) is 0 Å². The molecule has 2 aliphatic rings. The molecule has 1 aromatic carbocycles. The molecule has 3 nitrogen and oxygen atoms in total. The van der Waals surface area contributed by atoms with Crippen molar-refractivity contribution in [2.75, 3.05) is 13.2 Å². The quantitative estimate of drug-likeness (QED) is 0.895. The van der Waals surface area contributed by atoms with Crippen LogP contribution in [0.15, 0.2) is 18.2 Å². The van der Waals surface area contributed by atoms with E-state index in [2.05, 4.69) is 5.32 Å². The normalized spacial score (nSPS) is 32.0. The fraction of sp³-hybridized carbons (Fsp3) is 0.667. The van der Waals surface area contributed by atoms with E-state index in [1.165, 1.54) is 6.07 Å². The molecule has 1 heterocycles. The smallest absolute Gasteiger partial charge is 0.162 e. The summed E-state index contributed by atoms with van der Waals surface area (Å²) in [4.78, 5) is 0. The molecule has 3 rings (SSSR count). The van der Waals surface area contributed by atoms with E-state index in [4.69, 9.17) is 10.5 Å². The highest BCUT2D eigenvalue weighted by atomic mass is 19.2. The van der Waals surface area contributed by atoms with Crippen molar-refractivity contribution in [3.05, 3.63) is 35.4 Å². The third-order valence-electron chi connectivity index (χ3n) is 5.24. The third-order valence-corrected chi connectivity index (χ3v) is 5.24. The summed E-state index contributed by atoms with van der Waals surface area (Å²) in [6, 6.07) is 4.87. The van der Waals surface area contributed by atoms with Crippen molar-refractivity contribution < 1.29 is 13.5 Å². The number of nitrogens with two attached hydrogens (primary N) is 1. The molecule has 1 saturated carbocycles. The lowest BCUT2D eigenvalue weighted by atomic mass is 9.82. The number of benzene rings is 1. The van der Waals surface area contributed by atoms with Gasteiger partial charge in [0.25, 0.3) is 0 Å². The highest BCUT2D eigenvalue weighted by Gasteiger charge is 2.27.